The van der Waals surface area contributed by atoms with Crippen molar-refractivity contribution in [3.8, 4) is 0 Å². The van der Waals surface area contributed by atoms with Crippen molar-refractivity contribution in [3.05, 3.63) is 35.4 Å². The van der Waals surface area contributed by atoms with Gasteiger partial charge in [0.25, 0.3) is 5.91 Å². The molecule has 1 saturated heterocycles. The van der Waals surface area contributed by atoms with Gasteiger partial charge < -0.3 is 5.32 Å². The normalized spacial score (nSPS) is 17.7. The molecule has 0 bridgehead atoms. The van der Waals surface area contributed by atoms with E-state index in [1.54, 1.807) is 0 Å². The van der Waals surface area contributed by atoms with Crippen LogP contribution in [0.15, 0.2) is 24.3 Å². The molecular weight excluding hydrogens is 272 g/mol. The summed E-state index contributed by atoms with van der Waals surface area (Å²) in [6.45, 7) is 5.18. The van der Waals surface area contributed by atoms with E-state index < -0.39 is 0 Å². The minimum atomic E-state index is -0.0131. The Balaban J connectivity index is 1.84. The molecule has 1 aliphatic heterocycles. The third-order valence-corrected chi connectivity index (χ3v) is 4.22. The summed E-state index contributed by atoms with van der Waals surface area (Å²) in [4.78, 5) is 14.6. The molecule has 1 heterocycles. The fourth-order valence-electron chi connectivity index (χ4n) is 2.63. The zero-order chi connectivity index (χ0) is 14.4. The zero-order valence-corrected chi connectivity index (χ0v) is 12.8. The fourth-order valence-corrected chi connectivity index (χ4v) is 2.79. The van der Waals surface area contributed by atoms with E-state index in [-0.39, 0.29) is 5.91 Å². The molecule has 0 saturated carbocycles. The van der Waals surface area contributed by atoms with Gasteiger partial charge in [0, 0.05) is 24.0 Å². The minimum Gasteiger partial charge on any atom is -0.350 e. The number of piperidine rings is 1. The summed E-state index contributed by atoms with van der Waals surface area (Å²) in [5, 5.41) is 3.02. The fraction of sp³-hybridized carbons (Fsp3) is 0.562. The molecule has 1 atom stereocenters. The molecule has 0 radical (unpaired) electrons. The van der Waals surface area contributed by atoms with Crippen LogP contribution in [0.4, 0.5) is 0 Å². The second kappa shape index (κ2) is 7.65. The highest BCUT2D eigenvalue weighted by molar-refractivity contribution is 6.17. The first-order chi connectivity index (χ1) is 9.70. The lowest BCUT2D eigenvalue weighted by Gasteiger charge is -2.32. The van der Waals surface area contributed by atoms with Crippen LogP contribution in [0, 0.1) is 0 Å². The molecule has 4 heteroatoms. The van der Waals surface area contributed by atoms with Crippen molar-refractivity contribution >= 4 is 17.5 Å². The summed E-state index contributed by atoms with van der Waals surface area (Å²) >= 11 is 5.79. The highest BCUT2D eigenvalue weighted by atomic mass is 35.5. The Bertz CT molecular complexity index is 444. The second-order valence-corrected chi connectivity index (χ2v) is 5.76. The van der Waals surface area contributed by atoms with E-state index in [0.717, 1.165) is 18.7 Å². The molecule has 110 valence electrons. The number of benzene rings is 1. The lowest BCUT2D eigenvalue weighted by Crippen LogP contribution is -2.44. The van der Waals surface area contributed by atoms with Crippen LogP contribution in [0.25, 0.3) is 0 Å². The van der Waals surface area contributed by atoms with Crippen LogP contribution in [0.5, 0.6) is 0 Å². The quantitative estimate of drug-likeness (QED) is 0.847. The van der Waals surface area contributed by atoms with Crippen molar-refractivity contribution in [2.24, 2.45) is 0 Å². The van der Waals surface area contributed by atoms with Crippen LogP contribution in [-0.2, 0) is 5.88 Å². The molecule has 1 N–H and O–H groups in total. The first-order valence-electron chi connectivity index (χ1n) is 7.38. The van der Waals surface area contributed by atoms with Crippen molar-refractivity contribution in [2.45, 2.75) is 38.1 Å². The SMILES string of the molecule is CC(CNC(=O)c1cccc(CCl)c1)N1CCCCC1. The topological polar surface area (TPSA) is 32.3 Å². The van der Waals surface area contributed by atoms with Gasteiger partial charge in [0.1, 0.15) is 0 Å². The number of hydrogen-bond acceptors (Lipinski definition) is 2. The average molecular weight is 295 g/mol. The molecule has 20 heavy (non-hydrogen) atoms. The van der Waals surface area contributed by atoms with Crippen molar-refractivity contribution in [3.63, 3.8) is 0 Å². The van der Waals surface area contributed by atoms with E-state index in [0.29, 0.717) is 24.0 Å². The molecule has 1 aromatic rings. The summed E-state index contributed by atoms with van der Waals surface area (Å²) in [5.74, 6) is 0.423. The van der Waals surface area contributed by atoms with Crippen LogP contribution in [0.1, 0.15) is 42.1 Å². The molecule has 1 unspecified atom stereocenters. The van der Waals surface area contributed by atoms with Gasteiger partial charge in [0.2, 0.25) is 0 Å². The van der Waals surface area contributed by atoms with Crippen molar-refractivity contribution in [1.29, 1.82) is 0 Å². The lowest BCUT2D eigenvalue weighted by atomic mass is 10.1. The Morgan fingerprint density at radius 2 is 2.10 bits per heavy atom. The number of amides is 1. The van der Waals surface area contributed by atoms with E-state index in [4.69, 9.17) is 11.6 Å². The summed E-state index contributed by atoms with van der Waals surface area (Å²) in [6, 6.07) is 7.89. The number of nitrogens with one attached hydrogen (secondary N) is 1. The monoisotopic (exact) mass is 294 g/mol. The number of carbonyl (C=O) groups excluding carboxylic acids is 1. The van der Waals surface area contributed by atoms with Gasteiger partial charge in [-0.1, -0.05) is 18.6 Å². The Labute approximate surface area is 126 Å². The van der Waals surface area contributed by atoms with Crippen LogP contribution < -0.4 is 5.32 Å². The lowest BCUT2D eigenvalue weighted by molar-refractivity contribution is 0.0930. The maximum Gasteiger partial charge on any atom is 0.251 e. The van der Waals surface area contributed by atoms with Crippen LogP contribution in [0.2, 0.25) is 0 Å². The van der Waals surface area contributed by atoms with E-state index in [9.17, 15) is 4.79 Å². The van der Waals surface area contributed by atoms with Gasteiger partial charge in [-0.3, -0.25) is 9.69 Å². The summed E-state index contributed by atoms with van der Waals surface area (Å²) in [6.07, 6.45) is 3.88. The maximum atomic E-state index is 12.1. The molecule has 0 aliphatic carbocycles. The molecule has 3 nitrogen and oxygen atoms in total. The Kier molecular flexibility index (Phi) is 5.86. The third kappa shape index (κ3) is 4.22. The molecule has 1 amide bonds. The van der Waals surface area contributed by atoms with Gasteiger partial charge in [-0.2, -0.15) is 0 Å². The minimum absolute atomic E-state index is 0.0131. The maximum absolute atomic E-state index is 12.1. The summed E-state index contributed by atoms with van der Waals surface area (Å²) in [5.41, 5.74) is 1.66. The van der Waals surface area contributed by atoms with Crippen molar-refractivity contribution in [2.75, 3.05) is 19.6 Å². The molecule has 1 fully saturated rings. The predicted molar refractivity (Wildman–Crippen MR) is 83.2 cm³/mol. The summed E-state index contributed by atoms with van der Waals surface area (Å²) in [7, 11) is 0. The standard InChI is InChI=1S/C16H23ClN2O/c1-13(19-8-3-2-4-9-19)12-18-16(20)15-7-5-6-14(10-15)11-17/h5-7,10,13H,2-4,8-9,11-12H2,1H3,(H,18,20). The highest BCUT2D eigenvalue weighted by Gasteiger charge is 2.17. The zero-order valence-electron chi connectivity index (χ0n) is 12.1. The number of rotatable bonds is 5. The highest BCUT2D eigenvalue weighted by Crippen LogP contribution is 2.12. The second-order valence-electron chi connectivity index (χ2n) is 5.49. The van der Waals surface area contributed by atoms with E-state index in [2.05, 4.69) is 17.1 Å². The Morgan fingerprint density at radius 1 is 1.35 bits per heavy atom. The van der Waals surface area contributed by atoms with E-state index in [1.165, 1.54) is 19.3 Å². The van der Waals surface area contributed by atoms with Crippen LogP contribution >= 0.6 is 11.6 Å². The Morgan fingerprint density at radius 3 is 2.80 bits per heavy atom. The Hall–Kier alpha value is -1.06. The molecule has 0 aromatic heterocycles. The number of hydrogen-bond donors (Lipinski definition) is 1. The number of likely N-dealkylation sites (tertiary alicyclic amines) is 1. The van der Waals surface area contributed by atoms with Gasteiger partial charge in [-0.25, -0.2) is 0 Å². The predicted octanol–water partition coefficient (Wildman–Crippen LogP) is 3.03. The molecule has 1 aliphatic rings. The summed E-state index contributed by atoms with van der Waals surface area (Å²) < 4.78 is 0. The van der Waals surface area contributed by atoms with Crippen molar-refractivity contribution in [1.82, 2.24) is 10.2 Å². The van der Waals surface area contributed by atoms with Crippen LogP contribution in [0.3, 0.4) is 0 Å². The van der Waals surface area contributed by atoms with Gasteiger partial charge >= 0.3 is 0 Å². The smallest absolute Gasteiger partial charge is 0.251 e. The third-order valence-electron chi connectivity index (χ3n) is 3.92. The van der Waals surface area contributed by atoms with E-state index in [1.807, 2.05) is 24.3 Å². The van der Waals surface area contributed by atoms with Gasteiger partial charge in [-0.05, 0) is 50.6 Å². The van der Waals surface area contributed by atoms with E-state index >= 15 is 0 Å². The van der Waals surface area contributed by atoms with Gasteiger partial charge in [-0.15, -0.1) is 11.6 Å². The number of halogens is 1. The average Bonchev–Trinajstić information content (AvgIpc) is 2.53. The number of nitrogens with zero attached hydrogens (tertiary/aromatic N) is 1. The van der Waals surface area contributed by atoms with Gasteiger partial charge in [0.15, 0.2) is 0 Å². The van der Waals surface area contributed by atoms with Crippen molar-refractivity contribution < 1.29 is 4.79 Å². The molecule has 1 aromatic carbocycles. The number of carbonyl (C=O) groups is 1. The largest absolute Gasteiger partial charge is 0.350 e. The van der Waals surface area contributed by atoms with Gasteiger partial charge in [0.05, 0.1) is 0 Å². The molecule has 2 rings (SSSR count). The first kappa shape index (κ1) is 15.3. The first-order valence-corrected chi connectivity index (χ1v) is 7.91. The molecular formula is C16H23ClN2O. The molecule has 0 spiro atoms. The van der Waals surface area contributed by atoms with Crippen LogP contribution in [-0.4, -0.2) is 36.5 Å². The number of alkyl halides is 1.